The third-order valence-electron chi connectivity index (χ3n) is 2.98. The Kier molecular flexibility index (Phi) is 4.53. The Labute approximate surface area is 118 Å². The molecule has 7 heteroatoms. The predicted molar refractivity (Wildman–Crippen MR) is 76.3 cm³/mol. The fraction of sp³-hybridized carbons (Fsp3) is 0.308. The van der Waals surface area contributed by atoms with Gasteiger partial charge in [-0.2, -0.15) is 0 Å². The number of aryl methyl sites for hydroxylation is 1. The van der Waals surface area contributed by atoms with E-state index in [0.717, 1.165) is 11.1 Å². The highest BCUT2D eigenvalue weighted by Crippen LogP contribution is 2.08. The number of imidazole rings is 1. The molecule has 6 nitrogen and oxygen atoms in total. The first-order valence-electron chi connectivity index (χ1n) is 6.34. The lowest BCUT2D eigenvalue weighted by atomic mass is 10.1. The molecule has 0 atom stereocenters. The number of sulfonamides is 1. The SMILES string of the molecule is CCn1cnc(S(=O)(=O)NCc2ccc(CN)cc2)c1. The molecule has 0 fully saturated rings. The van der Waals surface area contributed by atoms with E-state index in [1.54, 1.807) is 4.57 Å². The van der Waals surface area contributed by atoms with Crippen molar-refractivity contribution < 1.29 is 8.42 Å². The molecule has 20 heavy (non-hydrogen) atoms. The molecule has 0 aliphatic carbocycles. The first-order chi connectivity index (χ1) is 9.55. The van der Waals surface area contributed by atoms with Crippen molar-refractivity contribution in [2.45, 2.75) is 31.6 Å². The third kappa shape index (κ3) is 3.44. The van der Waals surface area contributed by atoms with Gasteiger partial charge in [-0.1, -0.05) is 24.3 Å². The molecule has 3 N–H and O–H groups in total. The molecule has 0 saturated heterocycles. The second-order valence-corrected chi connectivity index (χ2v) is 6.10. The van der Waals surface area contributed by atoms with Gasteiger partial charge < -0.3 is 10.3 Å². The highest BCUT2D eigenvalue weighted by molar-refractivity contribution is 7.89. The molecule has 108 valence electrons. The largest absolute Gasteiger partial charge is 0.336 e. The summed E-state index contributed by atoms with van der Waals surface area (Å²) in [5.74, 6) is 0. The number of nitrogens with zero attached hydrogens (tertiary/aromatic N) is 2. The molecule has 2 rings (SSSR count). The smallest absolute Gasteiger partial charge is 0.259 e. The minimum absolute atomic E-state index is 0.0397. The lowest BCUT2D eigenvalue weighted by Gasteiger charge is -2.05. The lowest BCUT2D eigenvalue weighted by Crippen LogP contribution is -2.23. The first-order valence-corrected chi connectivity index (χ1v) is 7.83. The maximum Gasteiger partial charge on any atom is 0.259 e. The molecular weight excluding hydrogens is 276 g/mol. The van der Waals surface area contributed by atoms with E-state index in [-0.39, 0.29) is 11.6 Å². The number of benzene rings is 1. The second kappa shape index (κ2) is 6.17. The zero-order chi connectivity index (χ0) is 14.6. The number of rotatable bonds is 6. The van der Waals surface area contributed by atoms with Crippen LogP contribution in [-0.2, 0) is 29.7 Å². The van der Waals surface area contributed by atoms with Crippen LogP contribution in [0.15, 0.2) is 41.8 Å². The van der Waals surface area contributed by atoms with E-state index >= 15 is 0 Å². The number of hydrogen-bond donors (Lipinski definition) is 2. The molecule has 0 aliphatic rings. The third-order valence-corrected chi connectivity index (χ3v) is 4.26. The standard InChI is InChI=1S/C13H18N4O2S/c1-2-17-9-13(15-10-17)20(18,19)16-8-12-5-3-11(7-14)4-6-12/h3-6,9-10,16H,2,7-8,14H2,1H3. The van der Waals surface area contributed by atoms with E-state index in [2.05, 4.69) is 9.71 Å². The molecule has 0 radical (unpaired) electrons. The number of aromatic nitrogens is 2. The minimum Gasteiger partial charge on any atom is -0.336 e. The van der Waals surface area contributed by atoms with Crippen molar-refractivity contribution in [3.63, 3.8) is 0 Å². The van der Waals surface area contributed by atoms with Gasteiger partial charge in [0.15, 0.2) is 5.03 Å². The average Bonchev–Trinajstić information content (AvgIpc) is 2.95. The maximum absolute atomic E-state index is 12.1. The molecule has 0 amide bonds. The van der Waals surface area contributed by atoms with E-state index in [9.17, 15) is 8.42 Å². The minimum atomic E-state index is -3.57. The van der Waals surface area contributed by atoms with Crippen LogP contribution in [-0.4, -0.2) is 18.0 Å². The molecule has 0 unspecified atom stereocenters. The molecular formula is C13H18N4O2S. The molecule has 1 aromatic carbocycles. The van der Waals surface area contributed by atoms with Gasteiger partial charge in [-0.25, -0.2) is 18.1 Å². The summed E-state index contributed by atoms with van der Waals surface area (Å²) in [6.45, 7) is 3.31. The van der Waals surface area contributed by atoms with Crippen LogP contribution >= 0.6 is 0 Å². The van der Waals surface area contributed by atoms with E-state index in [1.807, 2.05) is 31.2 Å². The van der Waals surface area contributed by atoms with Crippen LogP contribution in [0.2, 0.25) is 0 Å². The molecule has 2 aromatic rings. The van der Waals surface area contributed by atoms with Crippen molar-refractivity contribution in [1.29, 1.82) is 0 Å². The van der Waals surface area contributed by atoms with Crippen LogP contribution in [0, 0.1) is 0 Å². The molecule has 1 heterocycles. The van der Waals surface area contributed by atoms with Gasteiger partial charge in [-0.05, 0) is 18.1 Å². The zero-order valence-electron chi connectivity index (χ0n) is 11.3. The molecule has 0 aliphatic heterocycles. The molecule has 1 aromatic heterocycles. The summed E-state index contributed by atoms with van der Waals surface area (Å²) in [6.07, 6.45) is 3.02. The Morgan fingerprint density at radius 3 is 2.45 bits per heavy atom. The normalized spacial score (nSPS) is 11.7. The van der Waals surface area contributed by atoms with Crippen molar-refractivity contribution in [2.75, 3.05) is 0 Å². The van der Waals surface area contributed by atoms with Gasteiger partial charge in [-0.3, -0.25) is 0 Å². The molecule has 0 spiro atoms. The summed E-state index contributed by atoms with van der Waals surface area (Å²) in [4.78, 5) is 3.89. The lowest BCUT2D eigenvalue weighted by molar-refractivity contribution is 0.578. The quantitative estimate of drug-likeness (QED) is 0.826. The number of nitrogens with two attached hydrogens (primary N) is 1. The monoisotopic (exact) mass is 294 g/mol. The van der Waals surface area contributed by atoms with E-state index < -0.39 is 10.0 Å². The Morgan fingerprint density at radius 1 is 1.25 bits per heavy atom. The topological polar surface area (TPSA) is 90.0 Å². The van der Waals surface area contributed by atoms with Crippen LogP contribution in [0.3, 0.4) is 0 Å². The summed E-state index contributed by atoms with van der Waals surface area (Å²) in [5.41, 5.74) is 7.40. The van der Waals surface area contributed by atoms with E-state index in [4.69, 9.17) is 5.73 Å². The fourth-order valence-electron chi connectivity index (χ4n) is 1.70. The second-order valence-electron chi connectivity index (χ2n) is 4.39. The van der Waals surface area contributed by atoms with Crippen LogP contribution in [0.1, 0.15) is 18.1 Å². The van der Waals surface area contributed by atoms with Crippen molar-refractivity contribution in [3.8, 4) is 0 Å². The summed E-state index contributed by atoms with van der Waals surface area (Å²) >= 11 is 0. The summed E-state index contributed by atoms with van der Waals surface area (Å²) in [7, 11) is -3.57. The number of hydrogen-bond acceptors (Lipinski definition) is 4. The number of nitrogens with one attached hydrogen (secondary N) is 1. The van der Waals surface area contributed by atoms with E-state index in [1.165, 1.54) is 12.5 Å². The van der Waals surface area contributed by atoms with Crippen LogP contribution in [0.25, 0.3) is 0 Å². The van der Waals surface area contributed by atoms with Crippen LogP contribution in [0.4, 0.5) is 0 Å². The van der Waals surface area contributed by atoms with Gasteiger partial charge in [0.05, 0.1) is 6.33 Å². The average molecular weight is 294 g/mol. The Balaban J connectivity index is 2.04. The van der Waals surface area contributed by atoms with Gasteiger partial charge in [-0.15, -0.1) is 0 Å². The Hall–Kier alpha value is -1.70. The summed E-state index contributed by atoms with van der Waals surface area (Å²) in [6, 6.07) is 7.48. The Bertz CT molecular complexity index is 662. The zero-order valence-corrected chi connectivity index (χ0v) is 12.1. The van der Waals surface area contributed by atoms with Gasteiger partial charge in [0, 0.05) is 25.8 Å². The van der Waals surface area contributed by atoms with Crippen LogP contribution in [0.5, 0.6) is 0 Å². The molecule has 0 bridgehead atoms. The van der Waals surface area contributed by atoms with Crippen molar-refractivity contribution in [3.05, 3.63) is 47.9 Å². The Morgan fingerprint density at radius 2 is 1.90 bits per heavy atom. The maximum atomic E-state index is 12.1. The van der Waals surface area contributed by atoms with Crippen molar-refractivity contribution in [1.82, 2.24) is 14.3 Å². The van der Waals surface area contributed by atoms with E-state index in [0.29, 0.717) is 13.1 Å². The van der Waals surface area contributed by atoms with Crippen LogP contribution < -0.4 is 10.5 Å². The van der Waals surface area contributed by atoms with Crippen molar-refractivity contribution >= 4 is 10.0 Å². The highest BCUT2D eigenvalue weighted by Gasteiger charge is 2.16. The predicted octanol–water partition coefficient (Wildman–Crippen LogP) is 0.840. The van der Waals surface area contributed by atoms with Gasteiger partial charge in [0.1, 0.15) is 0 Å². The summed E-state index contributed by atoms with van der Waals surface area (Å²) in [5, 5.41) is 0.0397. The van der Waals surface area contributed by atoms with Gasteiger partial charge in [0.25, 0.3) is 10.0 Å². The van der Waals surface area contributed by atoms with Gasteiger partial charge >= 0.3 is 0 Å². The highest BCUT2D eigenvalue weighted by atomic mass is 32.2. The molecule has 0 saturated carbocycles. The fourth-order valence-corrected chi connectivity index (χ4v) is 2.66. The summed E-state index contributed by atoms with van der Waals surface area (Å²) < 4.78 is 28.3. The first kappa shape index (κ1) is 14.7. The van der Waals surface area contributed by atoms with Gasteiger partial charge in [0.2, 0.25) is 0 Å². The van der Waals surface area contributed by atoms with Crippen molar-refractivity contribution in [2.24, 2.45) is 5.73 Å².